The molecule has 0 amide bonds. The molecule has 15 heavy (non-hydrogen) atoms. The van der Waals surface area contributed by atoms with Gasteiger partial charge in [-0.3, -0.25) is 0 Å². The van der Waals surface area contributed by atoms with E-state index in [4.69, 9.17) is 11.6 Å². The van der Waals surface area contributed by atoms with Gasteiger partial charge in [-0.15, -0.1) is 0 Å². The zero-order valence-electron chi connectivity index (χ0n) is 8.41. The summed E-state index contributed by atoms with van der Waals surface area (Å²) in [6.07, 6.45) is 2.57. The minimum Gasteiger partial charge on any atom is -0.353 e. The molecule has 1 unspecified atom stereocenters. The number of rotatable bonds is 2. The highest BCUT2D eigenvalue weighted by Gasteiger charge is 2.23. The Morgan fingerprint density at radius 3 is 3.07 bits per heavy atom. The van der Waals surface area contributed by atoms with E-state index in [1.807, 2.05) is 23.7 Å². The average Bonchev–Trinajstić information content (AvgIpc) is 2.69. The van der Waals surface area contributed by atoms with Crippen molar-refractivity contribution in [3.8, 4) is 0 Å². The van der Waals surface area contributed by atoms with Crippen LogP contribution in [0.4, 0.5) is 10.2 Å². The number of thioether (sulfide) groups is 1. The summed E-state index contributed by atoms with van der Waals surface area (Å²) < 4.78 is 13.6. The molecule has 0 bridgehead atoms. The molecular weight excluding hydrogens is 235 g/mol. The van der Waals surface area contributed by atoms with E-state index in [2.05, 4.69) is 4.98 Å². The fourth-order valence-electron chi connectivity index (χ4n) is 1.67. The van der Waals surface area contributed by atoms with E-state index in [0.717, 1.165) is 17.9 Å². The Morgan fingerprint density at radius 1 is 1.67 bits per heavy atom. The molecule has 0 spiro atoms. The summed E-state index contributed by atoms with van der Waals surface area (Å²) >= 11 is 7.55. The fraction of sp³-hybridized carbons (Fsp3) is 0.500. The molecule has 1 aliphatic heterocycles. The van der Waals surface area contributed by atoms with Crippen LogP contribution < -0.4 is 4.90 Å². The molecule has 2 heterocycles. The Balaban J connectivity index is 2.20. The van der Waals surface area contributed by atoms with Crippen LogP contribution in [0.15, 0.2) is 12.3 Å². The summed E-state index contributed by atoms with van der Waals surface area (Å²) in [5.74, 6) is 2.23. The maximum Gasteiger partial charge on any atom is 0.167 e. The smallest absolute Gasteiger partial charge is 0.167 e. The number of nitrogens with zero attached hydrogens (tertiary/aromatic N) is 2. The normalized spacial score (nSPS) is 20.6. The van der Waals surface area contributed by atoms with Crippen molar-refractivity contribution >= 4 is 29.2 Å². The third kappa shape index (κ3) is 2.37. The van der Waals surface area contributed by atoms with Crippen molar-refractivity contribution in [1.29, 1.82) is 0 Å². The second-order valence-electron chi connectivity index (χ2n) is 3.59. The highest BCUT2D eigenvalue weighted by molar-refractivity contribution is 7.99. The lowest BCUT2D eigenvalue weighted by Gasteiger charge is -2.25. The van der Waals surface area contributed by atoms with Crippen LogP contribution >= 0.6 is 23.4 Å². The van der Waals surface area contributed by atoms with E-state index in [1.165, 1.54) is 12.3 Å². The van der Waals surface area contributed by atoms with Crippen LogP contribution in [0.1, 0.15) is 6.42 Å². The fourth-order valence-corrected chi connectivity index (χ4v) is 3.08. The molecule has 1 fully saturated rings. The van der Waals surface area contributed by atoms with Crippen molar-refractivity contribution in [2.45, 2.75) is 12.5 Å². The van der Waals surface area contributed by atoms with Gasteiger partial charge in [-0.2, -0.15) is 11.8 Å². The summed E-state index contributed by atoms with van der Waals surface area (Å²) in [7, 11) is 1.88. The Bertz CT molecular complexity index is 355. The van der Waals surface area contributed by atoms with E-state index in [9.17, 15) is 4.39 Å². The maximum atomic E-state index is 13.6. The summed E-state index contributed by atoms with van der Waals surface area (Å²) in [5.41, 5.74) is 0. The number of hydrogen-bond donors (Lipinski definition) is 0. The predicted molar refractivity (Wildman–Crippen MR) is 63.3 cm³/mol. The van der Waals surface area contributed by atoms with E-state index in [0.29, 0.717) is 16.9 Å². The first-order valence-corrected chi connectivity index (χ1v) is 6.33. The quantitative estimate of drug-likeness (QED) is 0.798. The molecule has 1 aromatic heterocycles. The van der Waals surface area contributed by atoms with Crippen molar-refractivity contribution in [2.24, 2.45) is 0 Å². The SMILES string of the molecule is CN(c1ncc(Cl)cc1F)C1CCSC1. The molecule has 1 aromatic rings. The maximum absolute atomic E-state index is 13.6. The van der Waals surface area contributed by atoms with Gasteiger partial charge in [0.2, 0.25) is 0 Å². The minimum absolute atomic E-state index is 0.338. The number of hydrogen-bond acceptors (Lipinski definition) is 3. The summed E-state index contributed by atoms with van der Waals surface area (Å²) in [4.78, 5) is 5.94. The molecular formula is C10H12ClFN2S. The van der Waals surface area contributed by atoms with Crippen molar-refractivity contribution < 1.29 is 4.39 Å². The van der Waals surface area contributed by atoms with E-state index in [1.54, 1.807) is 0 Å². The third-order valence-electron chi connectivity index (χ3n) is 2.58. The summed E-state index contributed by atoms with van der Waals surface area (Å²) in [5, 5.41) is 0.338. The highest BCUT2D eigenvalue weighted by atomic mass is 35.5. The van der Waals surface area contributed by atoms with Gasteiger partial charge < -0.3 is 4.90 Å². The van der Waals surface area contributed by atoms with Crippen LogP contribution in [0, 0.1) is 5.82 Å². The Hall–Kier alpha value is -0.480. The van der Waals surface area contributed by atoms with Crippen LogP contribution in [0.3, 0.4) is 0 Å². The van der Waals surface area contributed by atoms with Crippen molar-refractivity contribution in [3.63, 3.8) is 0 Å². The van der Waals surface area contributed by atoms with Crippen molar-refractivity contribution in [3.05, 3.63) is 23.1 Å². The Labute approximate surface area is 97.8 Å². The van der Waals surface area contributed by atoms with Crippen molar-refractivity contribution in [1.82, 2.24) is 4.98 Å². The molecule has 1 atom stereocenters. The topological polar surface area (TPSA) is 16.1 Å². The summed E-state index contributed by atoms with van der Waals surface area (Å²) in [6, 6.07) is 1.70. The van der Waals surface area contributed by atoms with Crippen LogP contribution in [-0.4, -0.2) is 29.6 Å². The zero-order chi connectivity index (χ0) is 10.8. The Morgan fingerprint density at radius 2 is 2.47 bits per heavy atom. The van der Waals surface area contributed by atoms with Gasteiger partial charge in [0.15, 0.2) is 11.6 Å². The van der Waals surface area contributed by atoms with Crippen molar-refractivity contribution in [2.75, 3.05) is 23.5 Å². The molecule has 0 aliphatic carbocycles. The molecule has 2 nitrogen and oxygen atoms in total. The number of halogens is 2. The summed E-state index contributed by atoms with van der Waals surface area (Å²) in [6.45, 7) is 0. The molecule has 1 aliphatic rings. The van der Waals surface area contributed by atoms with Gasteiger partial charge in [-0.05, 0) is 18.2 Å². The van der Waals surface area contributed by atoms with Gasteiger partial charge in [-0.25, -0.2) is 9.37 Å². The molecule has 2 rings (SSSR count). The first-order valence-electron chi connectivity index (χ1n) is 4.80. The number of aromatic nitrogens is 1. The van der Waals surface area contributed by atoms with Gasteiger partial charge >= 0.3 is 0 Å². The third-order valence-corrected chi connectivity index (χ3v) is 3.93. The first kappa shape index (κ1) is 11.0. The van der Waals surface area contributed by atoms with Crippen LogP contribution in [0.2, 0.25) is 5.02 Å². The molecule has 1 saturated heterocycles. The van der Waals surface area contributed by atoms with Gasteiger partial charge in [0.1, 0.15) is 0 Å². The molecule has 0 radical (unpaired) electrons. The molecule has 5 heteroatoms. The molecule has 0 aromatic carbocycles. The second kappa shape index (κ2) is 4.58. The van der Waals surface area contributed by atoms with E-state index in [-0.39, 0.29) is 5.82 Å². The molecule has 0 saturated carbocycles. The van der Waals surface area contributed by atoms with E-state index >= 15 is 0 Å². The van der Waals surface area contributed by atoms with Crippen LogP contribution in [0.25, 0.3) is 0 Å². The van der Waals surface area contributed by atoms with Gasteiger partial charge in [0.05, 0.1) is 5.02 Å². The highest BCUT2D eigenvalue weighted by Crippen LogP contribution is 2.27. The van der Waals surface area contributed by atoms with Gasteiger partial charge in [0.25, 0.3) is 0 Å². The second-order valence-corrected chi connectivity index (χ2v) is 5.17. The Kier molecular flexibility index (Phi) is 3.36. The van der Waals surface area contributed by atoms with Gasteiger partial charge in [0, 0.05) is 25.0 Å². The predicted octanol–water partition coefficient (Wildman–Crippen LogP) is 2.82. The zero-order valence-corrected chi connectivity index (χ0v) is 9.98. The molecule has 82 valence electrons. The van der Waals surface area contributed by atoms with Crippen LogP contribution in [-0.2, 0) is 0 Å². The lowest BCUT2D eigenvalue weighted by Crippen LogP contribution is -2.32. The largest absolute Gasteiger partial charge is 0.353 e. The van der Waals surface area contributed by atoms with E-state index < -0.39 is 0 Å². The standard InChI is InChI=1S/C10H12ClFN2S/c1-14(8-2-3-15-6-8)10-9(12)4-7(11)5-13-10/h4-5,8H,2-3,6H2,1H3. The lowest BCUT2D eigenvalue weighted by molar-refractivity contribution is 0.598. The van der Waals surface area contributed by atoms with Crippen LogP contribution in [0.5, 0.6) is 0 Å². The van der Waals surface area contributed by atoms with Gasteiger partial charge in [-0.1, -0.05) is 11.6 Å². The monoisotopic (exact) mass is 246 g/mol. The number of pyridine rings is 1. The lowest BCUT2D eigenvalue weighted by atomic mass is 10.2. The molecule has 0 N–H and O–H groups in total. The first-order chi connectivity index (χ1) is 7.18. The average molecular weight is 247 g/mol. The number of anilines is 1. The minimum atomic E-state index is -0.345.